The van der Waals surface area contributed by atoms with Crippen molar-refractivity contribution in [3.63, 3.8) is 0 Å². The zero-order valence-electron chi connectivity index (χ0n) is 13.2. The van der Waals surface area contributed by atoms with Gasteiger partial charge in [-0.05, 0) is 32.1 Å². The summed E-state index contributed by atoms with van der Waals surface area (Å²) in [5.41, 5.74) is 2.47. The smallest absolute Gasteiger partial charge is 0.248 e. The summed E-state index contributed by atoms with van der Waals surface area (Å²) in [6.45, 7) is 4.18. The number of rotatable bonds is 3. The normalized spacial score (nSPS) is 13.1. The Hall–Kier alpha value is -2.80. The molecule has 0 unspecified atom stereocenters. The van der Waals surface area contributed by atoms with Gasteiger partial charge in [-0.3, -0.25) is 9.20 Å². The van der Waals surface area contributed by atoms with Gasteiger partial charge in [-0.2, -0.15) is 0 Å². The van der Waals surface area contributed by atoms with E-state index in [-0.39, 0.29) is 12.7 Å². The number of aromatic nitrogens is 2. The maximum absolute atomic E-state index is 12.2. The highest BCUT2D eigenvalue weighted by Gasteiger charge is 2.14. The topological polar surface area (TPSA) is 64.9 Å². The van der Waals surface area contributed by atoms with E-state index in [1.165, 1.54) is 11.0 Å². The lowest BCUT2D eigenvalue weighted by Gasteiger charge is -2.03. The second kappa shape index (κ2) is 5.68. The SMILES string of the molecule is Cc1cn2c(/C=C/C(=O)Nc3ccc4c(c3)OCO4)c(C)nc2s1. The van der Waals surface area contributed by atoms with Gasteiger partial charge in [-0.1, -0.05) is 0 Å². The number of nitrogens with one attached hydrogen (secondary N) is 1. The predicted molar refractivity (Wildman–Crippen MR) is 92.8 cm³/mol. The van der Waals surface area contributed by atoms with Crippen LogP contribution in [-0.2, 0) is 4.79 Å². The van der Waals surface area contributed by atoms with Crippen LogP contribution in [0.1, 0.15) is 16.3 Å². The molecule has 1 aliphatic rings. The molecule has 1 amide bonds. The number of benzene rings is 1. The summed E-state index contributed by atoms with van der Waals surface area (Å²) in [4.78, 5) is 18.8. The highest BCUT2D eigenvalue weighted by Crippen LogP contribution is 2.34. The number of anilines is 1. The van der Waals surface area contributed by atoms with Gasteiger partial charge < -0.3 is 14.8 Å². The molecule has 122 valence electrons. The predicted octanol–water partition coefficient (Wildman–Crippen LogP) is 3.39. The average Bonchev–Trinajstić information content (AvgIpc) is 3.19. The molecule has 0 atom stereocenters. The van der Waals surface area contributed by atoms with Gasteiger partial charge in [0.1, 0.15) is 0 Å². The third-order valence-electron chi connectivity index (χ3n) is 3.70. The Kier molecular flexibility index (Phi) is 3.50. The van der Waals surface area contributed by atoms with E-state index in [1.54, 1.807) is 35.6 Å². The molecular weight excluding hydrogens is 326 g/mol. The van der Waals surface area contributed by atoms with Crippen LogP contribution in [0.15, 0.2) is 30.5 Å². The standard InChI is InChI=1S/C17H15N3O3S/c1-10-8-20-13(11(2)18-17(20)24-10)4-6-16(21)19-12-3-5-14-15(7-12)23-9-22-14/h3-8H,9H2,1-2H3,(H,19,21)/b6-4+. The van der Waals surface area contributed by atoms with E-state index in [0.29, 0.717) is 17.2 Å². The van der Waals surface area contributed by atoms with Crippen LogP contribution in [0.25, 0.3) is 11.0 Å². The number of aryl methyl sites for hydroxylation is 2. The Morgan fingerprint density at radius 3 is 3.04 bits per heavy atom. The molecular formula is C17H15N3O3S. The molecule has 1 aromatic carbocycles. The number of imidazole rings is 1. The number of hydrogen-bond acceptors (Lipinski definition) is 5. The van der Waals surface area contributed by atoms with E-state index >= 15 is 0 Å². The van der Waals surface area contributed by atoms with E-state index in [0.717, 1.165) is 16.3 Å². The fourth-order valence-electron chi connectivity index (χ4n) is 2.59. The summed E-state index contributed by atoms with van der Waals surface area (Å²) >= 11 is 1.63. The molecule has 0 saturated carbocycles. The number of thiazole rings is 1. The highest BCUT2D eigenvalue weighted by molar-refractivity contribution is 7.17. The second-order valence-corrected chi connectivity index (χ2v) is 6.68. The Morgan fingerprint density at radius 1 is 1.33 bits per heavy atom. The van der Waals surface area contributed by atoms with Crippen molar-refractivity contribution in [3.05, 3.63) is 46.7 Å². The average molecular weight is 341 g/mol. The Balaban J connectivity index is 1.52. The molecule has 3 aromatic rings. The van der Waals surface area contributed by atoms with Crippen molar-refractivity contribution in [2.45, 2.75) is 13.8 Å². The molecule has 6 nitrogen and oxygen atoms in total. The molecule has 7 heteroatoms. The molecule has 0 bridgehead atoms. The third kappa shape index (κ3) is 2.63. The lowest BCUT2D eigenvalue weighted by Crippen LogP contribution is -2.07. The van der Waals surface area contributed by atoms with Gasteiger partial charge in [0, 0.05) is 28.9 Å². The Bertz CT molecular complexity index is 971. The zero-order valence-corrected chi connectivity index (χ0v) is 14.0. The first kappa shape index (κ1) is 14.8. The number of ether oxygens (including phenoxy) is 2. The maximum atomic E-state index is 12.2. The van der Waals surface area contributed by atoms with E-state index in [1.807, 2.05) is 24.4 Å². The third-order valence-corrected chi connectivity index (χ3v) is 4.59. The fourth-order valence-corrected chi connectivity index (χ4v) is 3.47. The van der Waals surface area contributed by atoms with Crippen molar-refractivity contribution in [2.75, 3.05) is 12.1 Å². The molecule has 4 rings (SSSR count). The first-order chi connectivity index (χ1) is 11.6. The lowest BCUT2D eigenvalue weighted by molar-refractivity contribution is -0.111. The minimum absolute atomic E-state index is 0.211. The van der Waals surface area contributed by atoms with E-state index in [4.69, 9.17) is 9.47 Å². The minimum Gasteiger partial charge on any atom is -0.454 e. The summed E-state index contributed by atoms with van der Waals surface area (Å²) in [5, 5.41) is 2.82. The van der Waals surface area contributed by atoms with Crippen LogP contribution in [0, 0.1) is 13.8 Å². The first-order valence-corrected chi connectivity index (χ1v) is 8.25. The van der Waals surface area contributed by atoms with Crippen LogP contribution in [0.2, 0.25) is 0 Å². The Labute approximate surface area is 142 Å². The molecule has 24 heavy (non-hydrogen) atoms. The molecule has 1 N–H and O–H groups in total. The quantitative estimate of drug-likeness (QED) is 0.742. The molecule has 0 fully saturated rings. The second-order valence-electron chi connectivity index (χ2n) is 5.47. The summed E-state index contributed by atoms with van der Waals surface area (Å²) < 4.78 is 12.6. The molecule has 0 radical (unpaired) electrons. The van der Waals surface area contributed by atoms with E-state index in [2.05, 4.69) is 10.3 Å². The summed E-state index contributed by atoms with van der Waals surface area (Å²) in [7, 11) is 0. The van der Waals surface area contributed by atoms with Gasteiger partial charge in [0.05, 0.1) is 11.4 Å². The minimum atomic E-state index is -0.213. The number of carbonyl (C=O) groups is 1. The molecule has 0 spiro atoms. The van der Waals surface area contributed by atoms with Crippen LogP contribution in [0.3, 0.4) is 0 Å². The maximum Gasteiger partial charge on any atom is 0.248 e. The Morgan fingerprint density at radius 2 is 2.17 bits per heavy atom. The van der Waals surface area contributed by atoms with Crippen molar-refractivity contribution >= 4 is 34.0 Å². The van der Waals surface area contributed by atoms with Gasteiger partial charge in [-0.15, -0.1) is 11.3 Å². The first-order valence-electron chi connectivity index (χ1n) is 7.44. The van der Waals surface area contributed by atoms with Crippen LogP contribution in [0.4, 0.5) is 5.69 Å². The number of hydrogen-bond donors (Lipinski definition) is 1. The van der Waals surface area contributed by atoms with E-state index < -0.39 is 0 Å². The molecule has 2 aromatic heterocycles. The molecule has 0 saturated heterocycles. The van der Waals surface area contributed by atoms with Gasteiger partial charge in [0.15, 0.2) is 16.5 Å². The summed E-state index contributed by atoms with van der Waals surface area (Å²) in [6.07, 6.45) is 5.31. The van der Waals surface area contributed by atoms with Crippen molar-refractivity contribution in [1.82, 2.24) is 9.38 Å². The largest absolute Gasteiger partial charge is 0.454 e. The van der Waals surface area contributed by atoms with Gasteiger partial charge in [0.2, 0.25) is 12.7 Å². The summed E-state index contributed by atoms with van der Waals surface area (Å²) in [6, 6.07) is 5.31. The van der Waals surface area contributed by atoms with Crippen molar-refractivity contribution in [3.8, 4) is 11.5 Å². The van der Waals surface area contributed by atoms with Crippen LogP contribution >= 0.6 is 11.3 Å². The van der Waals surface area contributed by atoms with Crippen LogP contribution in [0.5, 0.6) is 11.5 Å². The fraction of sp³-hybridized carbons (Fsp3) is 0.176. The number of nitrogens with zero attached hydrogens (tertiary/aromatic N) is 2. The van der Waals surface area contributed by atoms with Crippen molar-refractivity contribution in [1.29, 1.82) is 0 Å². The molecule has 3 heterocycles. The molecule has 0 aliphatic carbocycles. The molecule has 1 aliphatic heterocycles. The van der Waals surface area contributed by atoms with E-state index in [9.17, 15) is 4.79 Å². The van der Waals surface area contributed by atoms with Crippen LogP contribution < -0.4 is 14.8 Å². The number of amides is 1. The summed E-state index contributed by atoms with van der Waals surface area (Å²) in [5.74, 6) is 1.11. The van der Waals surface area contributed by atoms with Gasteiger partial charge in [0.25, 0.3) is 0 Å². The number of fused-ring (bicyclic) bond motifs is 2. The zero-order chi connectivity index (χ0) is 16.7. The number of carbonyl (C=O) groups excluding carboxylic acids is 1. The van der Waals surface area contributed by atoms with Gasteiger partial charge >= 0.3 is 0 Å². The monoisotopic (exact) mass is 341 g/mol. The van der Waals surface area contributed by atoms with Gasteiger partial charge in [-0.25, -0.2) is 4.98 Å². The highest BCUT2D eigenvalue weighted by atomic mass is 32.1. The van der Waals surface area contributed by atoms with Crippen molar-refractivity contribution in [2.24, 2.45) is 0 Å². The van der Waals surface area contributed by atoms with Crippen molar-refractivity contribution < 1.29 is 14.3 Å². The lowest BCUT2D eigenvalue weighted by atomic mass is 10.2. The van der Waals surface area contributed by atoms with Crippen LogP contribution in [-0.4, -0.2) is 22.1 Å².